The molecule has 19 heavy (non-hydrogen) atoms. The first-order chi connectivity index (χ1) is 8.79. The molecule has 3 heteroatoms. The Kier molecular flexibility index (Phi) is 3.40. The lowest BCUT2D eigenvalue weighted by Gasteiger charge is -2.19. The lowest BCUT2D eigenvalue weighted by Crippen LogP contribution is -2.10. The number of nitrogens with zero attached hydrogens (tertiary/aromatic N) is 1. The van der Waals surface area contributed by atoms with E-state index in [-0.39, 0.29) is 11.8 Å². The Morgan fingerprint density at radius 3 is 2.53 bits per heavy atom. The van der Waals surface area contributed by atoms with Crippen LogP contribution in [-0.2, 0) is 23.7 Å². The van der Waals surface area contributed by atoms with Crippen molar-refractivity contribution in [2.45, 2.75) is 39.0 Å². The highest BCUT2D eigenvalue weighted by molar-refractivity contribution is 5.82. The van der Waals surface area contributed by atoms with Gasteiger partial charge in [0.15, 0.2) is 0 Å². The number of benzene rings is 1. The summed E-state index contributed by atoms with van der Waals surface area (Å²) in [6.07, 6.45) is 0.752. The van der Waals surface area contributed by atoms with Gasteiger partial charge in [-0.3, -0.25) is 4.79 Å². The molecule has 0 aliphatic carbocycles. The average Bonchev–Trinajstić information content (AvgIpc) is 2.62. The van der Waals surface area contributed by atoms with Gasteiger partial charge in [-0.25, -0.2) is 0 Å². The Labute approximate surface area is 113 Å². The van der Waals surface area contributed by atoms with E-state index in [0.717, 1.165) is 11.2 Å². The highest BCUT2D eigenvalue weighted by atomic mass is 16.4. The average molecular weight is 259 g/mol. The van der Waals surface area contributed by atoms with Crippen molar-refractivity contribution in [2.75, 3.05) is 0 Å². The molecule has 1 aromatic carbocycles. The van der Waals surface area contributed by atoms with Crippen LogP contribution >= 0.6 is 0 Å². The van der Waals surface area contributed by atoms with Gasteiger partial charge in [0, 0.05) is 23.6 Å². The molecule has 0 saturated carbocycles. The minimum atomic E-state index is -0.749. The fourth-order valence-electron chi connectivity index (χ4n) is 2.35. The number of hydrogen-bond acceptors (Lipinski definition) is 1. The van der Waals surface area contributed by atoms with Crippen LogP contribution in [0.15, 0.2) is 24.3 Å². The van der Waals surface area contributed by atoms with E-state index in [1.807, 2.05) is 7.05 Å². The molecule has 0 saturated heterocycles. The molecule has 0 aliphatic rings. The van der Waals surface area contributed by atoms with Gasteiger partial charge in [-0.2, -0.15) is 0 Å². The Hall–Kier alpha value is -1.77. The monoisotopic (exact) mass is 259 g/mol. The van der Waals surface area contributed by atoms with Crippen molar-refractivity contribution in [2.24, 2.45) is 7.05 Å². The number of carbonyl (C=O) groups is 1. The summed E-state index contributed by atoms with van der Waals surface area (Å²) in [5.41, 5.74) is 3.66. The maximum atomic E-state index is 10.7. The van der Waals surface area contributed by atoms with Crippen molar-refractivity contribution >= 4 is 16.9 Å². The molecular formula is C16H21NO2. The number of aliphatic carboxylic acids is 1. The molecule has 1 N–H and O–H groups in total. The standard InChI is InChI=1S/C16H21NO2/c1-16(2,3)12-5-7-14-11(9-12)10-13(17(14)4)6-8-15(18)19/h5,7,9-10H,6,8H2,1-4H3,(H,18,19). The predicted molar refractivity (Wildman–Crippen MR) is 77.6 cm³/mol. The van der Waals surface area contributed by atoms with Crippen LogP contribution in [0.2, 0.25) is 0 Å². The molecule has 2 rings (SSSR count). The molecule has 0 unspecified atom stereocenters. The van der Waals surface area contributed by atoms with Gasteiger partial charge in [0.2, 0.25) is 0 Å². The zero-order chi connectivity index (χ0) is 14.2. The number of aromatic nitrogens is 1. The predicted octanol–water partition coefficient (Wildman–Crippen LogP) is 3.49. The summed E-state index contributed by atoms with van der Waals surface area (Å²) in [6.45, 7) is 6.59. The van der Waals surface area contributed by atoms with Crippen LogP contribution in [0.5, 0.6) is 0 Å². The number of rotatable bonds is 3. The van der Waals surface area contributed by atoms with Crippen LogP contribution in [0.25, 0.3) is 10.9 Å². The first-order valence-electron chi connectivity index (χ1n) is 6.59. The van der Waals surface area contributed by atoms with E-state index in [2.05, 4.69) is 49.6 Å². The normalized spacial score (nSPS) is 12.0. The molecular weight excluding hydrogens is 238 g/mol. The Morgan fingerprint density at radius 2 is 1.95 bits per heavy atom. The van der Waals surface area contributed by atoms with E-state index in [4.69, 9.17) is 5.11 Å². The molecule has 102 valence electrons. The van der Waals surface area contributed by atoms with Crippen molar-refractivity contribution in [3.05, 3.63) is 35.5 Å². The van der Waals surface area contributed by atoms with Crippen LogP contribution in [-0.4, -0.2) is 15.6 Å². The molecule has 0 radical (unpaired) electrons. The molecule has 3 nitrogen and oxygen atoms in total. The maximum absolute atomic E-state index is 10.7. The summed E-state index contributed by atoms with van der Waals surface area (Å²) in [6, 6.07) is 8.59. The van der Waals surface area contributed by atoms with Gasteiger partial charge in [0.05, 0.1) is 6.42 Å². The second-order valence-corrected chi connectivity index (χ2v) is 6.11. The van der Waals surface area contributed by atoms with Crippen LogP contribution in [0.3, 0.4) is 0 Å². The highest BCUT2D eigenvalue weighted by Gasteiger charge is 2.15. The molecule has 0 fully saturated rings. The number of carboxylic acids is 1. The Balaban J connectivity index is 2.42. The number of hydrogen-bond donors (Lipinski definition) is 1. The Morgan fingerprint density at radius 1 is 1.26 bits per heavy atom. The first-order valence-corrected chi connectivity index (χ1v) is 6.59. The molecule has 0 bridgehead atoms. The Bertz CT molecular complexity index is 617. The molecule has 1 heterocycles. The summed E-state index contributed by atoms with van der Waals surface area (Å²) >= 11 is 0. The topological polar surface area (TPSA) is 42.2 Å². The summed E-state index contributed by atoms with van der Waals surface area (Å²) in [4.78, 5) is 10.7. The first kappa shape index (κ1) is 13.7. The summed E-state index contributed by atoms with van der Waals surface area (Å²) in [5, 5.41) is 9.97. The van der Waals surface area contributed by atoms with E-state index in [0.29, 0.717) is 6.42 Å². The van der Waals surface area contributed by atoms with Crippen LogP contribution in [0.1, 0.15) is 38.4 Å². The third-order valence-electron chi connectivity index (χ3n) is 3.60. The fourth-order valence-corrected chi connectivity index (χ4v) is 2.35. The number of fused-ring (bicyclic) bond motifs is 1. The largest absolute Gasteiger partial charge is 0.481 e. The lowest BCUT2D eigenvalue weighted by molar-refractivity contribution is -0.136. The van der Waals surface area contributed by atoms with Gasteiger partial charge >= 0.3 is 5.97 Å². The fraction of sp³-hybridized carbons (Fsp3) is 0.438. The molecule has 0 atom stereocenters. The van der Waals surface area contributed by atoms with Crippen molar-refractivity contribution in [3.8, 4) is 0 Å². The van der Waals surface area contributed by atoms with Gasteiger partial charge in [0.25, 0.3) is 0 Å². The van der Waals surface area contributed by atoms with Gasteiger partial charge in [-0.05, 0) is 35.6 Å². The van der Waals surface area contributed by atoms with Gasteiger partial charge < -0.3 is 9.67 Å². The zero-order valence-electron chi connectivity index (χ0n) is 12.0. The number of carboxylic acid groups (broad SMARTS) is 1. The van der Waals surface area contributed by atoms with Crippen LogP contribution in [0, 0.1) is 0 Å². The van der Waals surface area contributed by atoms with E-state index in [1.54, 1.807) is 0 Å². The molecule has 0 aliphatic heterocycles. The van der Waals surface area contributed by atoms with Gasteiger partial charge in [-0.15, -0.1) is 0 Å². The smallest absolute Gasteiger partial charge is 0.303 e. The van der Waals surface area contributed by atoms with Crippen molar-refractivity contribution in [1.82, 2.24) is 4.57 Å². The van der Waals surface area contributed by atoms with Crippen LogP contribution < -0.4 is 0 Å². The maximum Gasteiger partial charge on any atom is 0.303 e. The van der Waals surface area contributed by atoms with Crippen LogP contribution in [0.4, 0.5) is 0 Å². The highest BCUT2D eigenvalue weighted by Crippen LogP contribution is 2.27. The van der Waals surface area contributed by atoms with Gasteiger partial charge in [-0.1, -0.05) is 26.8 Å². The second kappa shape index (κ2) is 4.72. The third-order valence-corrected chi connectivity index (χ3v) is 3.60. The minimum absolute atomic E-state index is 0.130. The van der Waals surface area contributed by atoms with Crippen molar-refractivity contribution < 1.29 is 9.90 Å². The van der Waals surface area contributed by atoms with E-state index in [9.17, 15) is 4.79 Å². The third kappa shape index (κ3) is 2.80. The molecule has 0 spiro atoms. The summed E-state index contributed by atoms with van der Waals surface area (Å²) in [7, 11) is 2.00. The minimum Gasteiger partial charge on any atom is -0.481 e. The molecule has 1 aromatic heterocycles. The van der Waals surface area contributed by atoms with Crippen molar-refractivity contribution in [3.63, 3.8) is 0 Å². The number of aryl methyl sites for hydroxylation is 2. The lowest BCUT2D eigenvalue weighted by atomic mass is 9.86. The summed E-state index contributed by atoms with van der Waals surface area (Å²) < 4.78 is 2.09. The van der Waals surface area contributed by atoms with E-state index in [1.165, 1.54) is 10.9 Å². The summed E-state index contributed by atoms with van der Waals surface area (Å²) in [5.74, 6) is -0.749. The SMILES string of the molecule is Cn1c(CCC(=O)O)cc2cc(C(C)(C)C)ccc21. The van der Waals surface area contributed by atoms with E-state index >= 15 is 0 Å². The van der Waals surface area contributed by atoms with Gasteiger partial charge in [0.1, 0.15) is 0 Å². The molecule has 2 aromatic rings. The van der Waals surface area contributed by atoms with Crippen molar-refractivity contribution in [1.29, 1.82) is 0 Å². The quantitative estimate of drug-likeness (QED) is 0.916. The zero-order valence-corrected chi connectivity index (χ0v) is 12.0. The molecule has 0 amide bonds. The van der Waals surface area contributed by atoms with E-state index < -0.39 is 5.97 Å². The second-order valence-electron chi connectivity index (χ2n) is 6.11.